The third kappa shape index (κ3) is 2.59. The van der Waals surface area contributed by atoms with E-state index in [1.807, 2.05) is 18.5 Å². The monoisotopic (exact) mass is 319 g/mol. The van der Waals surface area contributed by atoms with Crippen molar-refractivity contribution in [1.82, 2.24) is 9.97 Å². The molecule has 0 aliphatic carbocycles. The number of hydrogen-bond acceptors (Lipinski definition) is 3. The van der Waals surface area contributed by atoms with E-state index in [4.69, 9.17) is 0 Å². The van der Waals surface area contributed by atoms with E-state index >= 15 is 0 Å². The maximum atomic E-state index is 4.55. The number of nitrogens with zero attached hydrogens (tertiary/aromatic N) is 3. The Hall–Kier alpha value is -1.16. The van der Waals surface area contributed by atoms with Gasteiger partial charge in [0.25, 0.3) is 0 Å². The third-order valence-electron chi connectivity index (χ3n) is 3.76. The van der Waals surface area contributed by atoms with Crippen molar-refractivity contribution in [1.29, 1.82) is 0 Å². The van der Waals surface area contributed by atoms with Crippen molar-refractivity contribution in [3.05, 3.63) is 29.0 Å². The van der Waals surface area contributed by atoms with Crippen LogP contribution >= 0.6 is 15.9 Å². The molecule has 1 fully saturated rings. The largest absolute Gasteiger partial charge is 0.369 e. The van der Waals surface area contributed by atoms with Gasteiger partial charge in [-0.2, -0.15) is 0 Å². The van der Waals surface area contributed by atoms with E-state index in [-0.39, 0.29) is 0 Å². The Kier molecular flexibility index (Phi) is 3.21. The quantitative estimate of drug-likeness (QED) is 0.795. The zero-order valence-electron chi connectivity index (χ0n) is 11.4. The van der Waals surface area contributed by atoms with Crippen LogP contribution < -0.4 is 4.90 Å². The second-order valence-corrected chi connectivity index (χ2v) is 6.96. The average molecular weight is 320 g/mol. The molecule has 3 nitrogen and oxygen atoms in total. The van der Waals surface area contributed by atoms with E-state index in [1.54, 1.807) is 0 Å². The van der Waals surface area contributed by atoms with E-state index < -0.39 is 0 Å². The van der Waals surface area contributed by atoms with E-state index in [9.17, 15) is 0 Å². The first kappa shape index (κ1) is 12.9. The first-order valence-electron chi connectivity index (χ1n) is 6.70. The van der Waals surface area contributed by atoms with Gasteiger partial charge in [-0.25, -0.2) is 0 Å². The van der Waals surface area contributed by atoms with Gasteiger partial charge in [0.1, 0.15) is 5.52 Å². The SMILES string of the molecule is CC1(C)CCCN(c2ccnc3cc(Br)cnc23)C1. The van der Waals surface area contributed by atoms with Crippen LogP contribution in [0, 0.1) is 5.41 Å². The Morgan fingerprint density at radius 2 is 2.16 bits per heavy atom. The Balaban J connectivity index is 2.05. The van der Waals surface area contributed by atoms with Crippen molar-refractivity contribution in [2.75, 3.05) is 18.0 Å². The van der Waals surface area contributed by atoms with E-state index in [0.29, 0.717) is 5.41 Å². The lowest BCUT2D eigenvalue weighted by atomic mass is 9.84. The molecular formula is C15H18BrN3. The summed E-state index contributed by atoms with van der Waals surface area (Å²) in [5.41, 5.74) is 3.55. The predicted molar refractivity (Wildman–Crippen MR) is 82.5 cm³/mol. The molecule has 1 aliphatic heterocycles. The van der Waals surface area contributed by atoms with Crippen molar-refractivity contribution < 1.29 is 0 Å². The first-order chi connectivity index (χ1) is 9.05. The highest BCUT2D eigenvalue weighted by Crippen LogP contribution is 2.34. The standard InChI is InChI=1S/C15H18BrN3/c1-15(2)5-3-7-19(10-15)13-4-6-17-12-8-11(16)9-18-14(12)13/h4,6,8-9H,3,5,7,10H2,1-2H3. The predicted octanol–water partition coefficient (Wildman–Crippen LogP) is 4.02. The maximum absolute atomic E-state index is 4.55. The van der Waals surface area contributed by atoms with Crippen LogP contribution in [0.25, 0.3) is 11.0 Å². The number of fused-ring (bicyclic) bond motifs is 1. The molecule has 3 heterocycles. The molecule has 0 atom stereocenters. The molecule has 3 rings (SSSR count). The summed E-state index contributed by atoms with van der Waals surface area (Å²) in [7, 11) is 0. The number of rotatable bonds is 1. The van der Waals surface area contributed by atoms with E-state index in [2.05, 4.69) is 50.7 Å². The molecule has 2 aromatic rings. The lowest BCUT2D eigenvalue weighted by Gasteiger charge is -2.39. The van der Waals surface area contributed by atoms with Gasteiger partial charge in [0.2, 0.25) is 0 Å². The second-order valence-electron chi connectivity index (χ2n) is 6.04. The molecule has 0 saturated carbocycles. The minimum Gasteiger partial charge on any atom is -0.369 e. The van der Waals surface area contributed by atoms with Crippen LogP contribution in [0.4, 0.5) is 5.69 Å². The molecule has 0 amide bonds. The van der Waals surface area contributed by atoms with Crippen LogP contribution in [0.5, 0.6) is 0 Å². The molecule has 4 heteroatoms. The van der Waals surface area contributed by atoms with Gasteiger partial charge < -0.3 is 4.90 Å². The molecule has 1 saturated heterocycles. The Morgan fingerprint density at radius 1 is 1.32 bits per heavy atom. The van der Waals surface area contributed by atoms with Gasteiger partial charge in [0, 0.05) is 30.0 Å². The van der Waals surface area contributed by atoms with Crippen molar-refractivity contribution in [2.45, 2.75) is 26.7 Å². The average Bonchev–Trinajstić information content (AvgIpc) is 2.36. The van der Waals surface area contributed by atoms with E-state index in [0.717, 1.165) is 28.6 Å². The zero-order valence-corrected chi connectivity index (χ0v) is 12.9. The first-order valence-corrected chi connectivity index (χ1v) is 7.50. The van der Waals surface area contributed by atoms with Crippen LogP contribution in [0.2, 0.25) is 0 Å². The molecular weight excluding hydrogens is 302 g/mol. The highest BCUT2D eigenvalue weighted by Gasteiger charge is 2.27. The number of pyridine rings is 2. The molecule has 2 aromatic heterocycles. The van der Waals surface area contributed by atoms with Gasteiger partial charge in [-0.1, -0.05) is 13.8 Å². The zero-order chi connectivity index (χ0) is 13.5. The maximum Gasteiger partial charge on any atom is 0.112 e. The minimum atomic E-state index is 0.378. The second kappa shape index (κ2) is 4.75. The van der Waals surface area contributed by atoms with Gasteiger partial charge in [0.15, 0.2) is 0 Å². The number of halogens is 1. The lowest BCUT2D eigenvalue weighted by Crippen LogP contribution is -2.40. The summed E-state index contributed by atoms with van der Waals surface area (Å²) in [6.07, 6.45) is 6.27. The van der Waals surface area contributed by atoms with Crippen LogP contribution in [0.3, 0.4) is 0 Å². The molecule has 0 spiro atoms. The van der Waals surface area contributed by atoms with Crippen molar-refractivity contribution >= 4 is 32.7 Å². The summed E-state index contributed by atoms with van der Waals surface area (Å²) in [5, 5.41) is 0. The van der Waals surface area contributed by atoms with Crippen LogP contribution in [0.1, 0.15) is 26.7 Å². The fourth-order valence-corrected chi connectivity index (χ4v) is 3.19. The van der Waals surface area contributed by atoms with Gasteiger partial charge in [-0.3, -0.25) is 9.97 Å². The van der Waals surface area contributed by atoms with Gasteiger partial charge in [0.05, 0.1) is 11.2 Å². The summed E-state index contributed by atoms with van der Waals surface area (Å²) in [6.45, 7) is 6.88. The summed E-state index contributed by atoms with van der Waals surface area (Å²) in [5.74, 6) is 0. The van der Waals surface area contributed by atoms with Crippen molar-refractivity contribution in [2.24, 2.45) is 5.41 Å². The van der Waals surface area contributed by atoms with Crippen LogP contribution in [0.15, 0.2) is 29.0 Å². The fraction of sp³-hybridized carbons (Fsp3) is 0.467. The van der Waals surface area contributed by atoms with Crippen LogP contribution in [-0.4, -0.2) is 23.1 Å². The fourth-order valence-electron chi connectivity index (χ4n) is 2.88. The highest BCUT2D eigenvalue weighted by atomic mass is 79.9. The number of anilines is 1. The van der Waals surface area contributed by atoms with Crippen molar-refractivity contribution in [3.8, 4) is 0 Å². The smallest absolute Gasteiger partial charge is 0.112 e. The highest BCUT2D eigenvalue weighted by molar-refractivity contribution is 9.10. The lowest BCUT2D eigenvalue weighted by molar-refractivity contribution is 0.293. The Morgan fingerprint density at radius 3 is 2.95 bits per heavy atom. The van der Waals surface area contributed by atoms with Gasteiger partial charge in [-0.15, -0.1) is 0 Å². The molecule has 0 radical (unpaired) electrons. The summed E-state index contributed by atoms with van der Waals surface area (Å²) in [4.78, 5) is 11.4. The molecule has 0 bridgehead atoms. The molecule has 0 aromatic carbocycles. The summed E-state index contributed by atoms with van der Waals surface area (Å²) >= 11 is 3.45. The minimum absolute atomic E-state index is 0.378. The van der Waals surface area contributed by atoms with Gasteiger partial charge >= 0.3 is 0 Å². The van der Waals surface area contributed by atoms with Crippen LogP contribution in [-0.2, 0) is 0 Å². The number of hydrogen-bond donors (Lipinski definition) is 0. The summed E-state index contributed by atoms with van der Waals surface area (Å²) < 4.78 is 0.976. The molecule has 1 aliphatic rings. The normalized spacial score (nSPS) is 18.8. The van der Waals surface area contributed by atoms with Gasteiger partial charge in [-0.05, 0) is 46.3 Å². The Labute approximate surface area is 122 Å². The topological polar surface area (TPSA) is 29.0 Å². The summed E-state index contributed by atoms with van der Waals surface area (Å²) in [6, 6.07) is 4.12. The Bertz CT molecular complexity index is 609. The third-order valence-corrected chi connectivity index (χ3v) is 4.20. The molecule has 19 heavy (non-hydrogen) atoms. The van der Waals surface area contributed by atoms with E-state index in [1.165, 1.54) is 18.5 Å². The number of piperidine rings is 1. The molecule has 0 N–H and O–H groups in total. The number of aromatic nitrogens is 2. The molecule has 100 valence electrons. The van der Waals surface area contributed by atoms with Crippen molar-refractivity contribution in [3.63, 3.8) is 0 Å². The molecule has 0 unspecified atom stereocenters.